The normalized spacial score (nSPS) is 22.1. The van der Waals surface area contributed by atoms with Gasteiger partial charge in [0.15, 0.2) is 9.84 Å². The van der Waals surface area contributed by atoms with Gasteiger partial charge in [-0.1, -0.05) is 0 Å². The van der Waals surface area contributed by atoms with Crippen molar-refractivity contribution in [1.29, 1.82) is 0 Å². The van der Waals surface area contributed by atoms with E-state index in [1.165, 1.54) is 25.3 Å². The SMILES string of the molecule is COc1ccc(N2C(=O)c3ccc(C(=O)N[C@@H]4CS(=O)(=O)C[C@@H]4O)cc3C2=O)cc1. The van der Waals surface area contributed by atoms with Crippen LogP contribution in [0.2, 0.25) is 0 Å². The zero-order valence-corrected chi connectivity index (χ0v) is 16.7. The number of nitrogens with one attached hydrogen (secondary N) is 1. The molecule has 4 rings (SSSR count). The number of benzene rings is 2. The topological polar surface area (TPSA) is 130 Å². The Hall–Kier alpha value is -3.24. The number of fused-ring (bicyclic) bond motifs is 1. The molecule has 2 aromatic carbocycles. The summed E-state index contributed by atoms with van der Waals surface area (Å²) in [5, 5.41) is 12.3. The van der Waals surface area contributed by atoms with Crippen molar-refractivity contribution in [2.45, 2.75) is 12.1 Å². The zero-order valence-electron chi connectivity index (χ0n) is 15.9. The molecule has 9 nitrogen and oxygen atoms in total. The van der Waals surface area contributed by atoms with Gasteiger partial charge >= 0.3 is 0 Å². The number of carbonyl (C=O) groups excluding carboxylic acids is 3. The third kappa shape index (κ3) is 3.44. The Balaban J connectivity index is 1.58. The molecule has 0 saturated carbocycles. The minimum Gasteiger partial charge on any atom is -0.497 e. The van der Waals surface area contributed by atoms with E-state index in [1.807, 2.05) is 0 Å². The maximum absolute atomic E-state index is 12.8. The van der Waals surface area contributed by atoms with Crippen LogP contribution in [-0.4, -0.2) is 62.0 Å². The number of ether oxygens (including phenoxy) is 1. The summed E-state index contributed by atoms with van der Waals surface area (Å²) in [6.07, 6.45) is -1.19. The molecule has 0 radical (unpaired) electrons. The van der Waals surface area contributed by atoms with Gasteiger partial charge in [-0.25, -0.2) is 13.3 Å². The first-order chi connectivity index (χ1) is 14.2. The fraction of sp³-hybridized carbons (Fsp3) is 0.250. The average molecular weight is 430 g/mol. The summed E-state index contributed by atoms with van der Waals surface area (Å²) >= 11 is 0. The van der Waals surface area contributed by atoms with Crippen LogP contribution in [0.4, 0.5) is 5.69 Å². The number of amides is 3. The Labute approximate surface area is 172 Å². The Kier molecular flexibility index (Phi) is 4.83. The summed E-state index contributed by atoms with van der Waals surface area (Å²) in [7, 11) is -1.92. The molecular weight excluding hydrogens is 412 g/mol. The van der Waals surface area contributed by atoms with Crippen LogP contribution >= 0.6 is 0 Å². The Morgan fingerprint density at radius 1 is 1.07 bits per heavy atom. The highest BCUT2D eigenvalue weighted by Crippen LogP contribution is 2.30. The second kappa shape index (κ2) is 7.22. The Morgan fingerprint density at radius 3 is 2.33 bits per heavy atom. The molecule has 2 aliphatic heterocycles. The van der Waals surface area contributed by atoms with E-state index < -0.39 is 45.5 Å². The lowest BCUT2D eigenvalue weighted by Gasteiger charge is -2.15. The number of carbonyl (C=O) groups is 3. The number of hydrogen-bond acceptors (Lipinski definition) is 7. The van der Waals surface area contributed by atoms with Gasteiger partial charge in [-0.2, -0.15) is 0 Å². The minimum atomic E-state index is -3.42. The molecule has 2 N–H and O–H groups in total. The highest BCUT2D eigenvalue weighted by Gasteiger charge is 2.39. The molecule has 0 unspecified atom stereocenters. The predicted octanol–water partition coefficient (Wildman–Crippen LogP) is 0.383. The van der Waals surface area contributed by atoms with Crippen LogP contribution in [0.3, 0.4) is 0 Å². The molecule has 30 heavy (non-hydrogen) atoms. The number of anilines is 1. The van der Waals surface area contributed by atoms with E-state index in [-0.39, 0.29) is 22.4 Å². The van der Waals surface area contributed by atoms with Gasteiger partial charge in [0, 0.05) is 5.56 Å². The predicted molar refractivity (Wildman–Crippen MR) is 106 cm³/mol. The van der Waals surface area contributed by atoms with Gasteiger partial charge in [0.25, 0.3) is 17.7 Å². The molecule has 10 heteroatoms. The molecule has 1 saturated heterocycles. The second-order valence-corrected chi connectivity index (χ2v) is 9.28. The third-order valence-electron chi connectivity index (χ3n) is 5.12. The average Bonchev–Trinajstić information content (AvgIpc) is 3.12. The Bertz CT molecular complexity index is 1160. The van der Waals surface area contributed by atoms with E-state index in [0.29, 0.717) is 11.4 Å². The first-order valence-electron chi connectivity index (χ1n) is 9.06. The van der Waals surface area contributed by atoms with Crippen molar-refractivity contribution in [3.8, 4) is 5.75 Å². The zero-order chi connectivity index (χ0) is 21.6. The minimum absolute atomic E-state index is 0.0723. The molecule has 1 fully saturated rings. The van der Waals surface area contributed by atoms with Crippen molar-refractivity contribution in [1.82, 2.24) is 5.32 Å². The van der Waals surface area contributed by atoms with Gasteiger partial charge in [0.2, 0.25) is 0 Å². The van der Waals surface area contributed by atoms with E-state index in [1.54, 1.807) is 24.3 Å². The lowest BCUT2D eigenvalue weighted by atomic mass is 10.0. The first kappa shape index (κ1) is 20.0. The van der Waals surface area contributed by atoms with Gasteiger partial charge in [-0.05, 0) is 42.5 Å². The van der Waals surface area contributed by atoms with Crippen LogP contribution < -0.4 is 15.0 Å². The van der Waals surface area contributed by atoms with Crippen molar-refractivity contribution >= 4 is 33.2 Å². The van der Waals surface area contributed by atoms with Crippen LogP contribution in [0.5, 0.6) is 5.75 Å². The Morgan fingerprint density at radius 2 is 1.73 bits per heavy atom. The lowest BCUT2D eigenvalue weighted by molar-refractivity contribution is 0.0887. The number of nitrogens with zero attached hydrogens (tertiary/aromatic N) is 1. The monoisotopic (exact) mass is 430 g/mol. The summed E-state index contributed by atoms with van der Waals surface area (Å²) in [6, 6.07) is 9.54. The highest BCUT2D eigenvalue weighted by atomic mass is 32.2. The maximum atomic E-state index is 12.8. The molecule has 2 aromatic rings. The third-order valence-corrected chi connectivity index (χ3v) is 6.83. The molecule has 2 aliphatic rings. The van der Waals surface area contributed by atoms with E-state index in [4.69, 9.17) is 4.74 Å². The molecule has 0 aromatic heterocycles. The molecule has 3 amide bonds. The van der Waals surface area contributed by atoms with E-state index in [9.17, 15) is 27.9 Å². The fourth-order valence-corrected chi connectivity index (χ4v) is 5.31. The standard InChI is InChI=1S/C20H18N2O7S/c1-29-13-5-3-12(4-6-13)22-19(25)14-7-2-11(8-15(14)20(22)26)18(24)21-16-9-30(27,28)10-17(16)23/h2-8,16-17,23H,9-10H2,1H3,(H,21,24)/t16-,17+/m1/s1. The number of rotatable bonds is 4. The number of hydrogen-bond donors (Lipinski definition) is 2. The van der Waals surface area contributed by atoms with E-state index in [2.05, 4.69) is 5.32 Å². The van der Waals surface area contributed by atoms with Crippen LogP contribution in [0.1, 0.15) is 31.1 Å². The molecule has 2 heterocycles. The number of aliphatic hydroxyl groups excluding tert-OH is 1. The number of imide groups is 1. The molecule has 2 atom stereocenters. The van der Waals surface area contributed by atoms with Gasteiger partial charge < -0.3 is 15.2 Å². The van der Waals surface area contributed by atoms with Crippen molar-refractivity contribution in [3.63, 3.8) is 0 Å². The molecular formula is C20H18N2O7S. The van der Waals surface area contributed by atoms with Gasteiger partial charge in [-0.3, -0.25) is 14.4 Å². The quantitative estimate of drug-likeness (QED) is 0.671. The van der Waals surface area contributed by atoms with Crippen LogP contribution in [0.15, 0.2) is 42.5 Å². The largest absolute Gasteiger partial charge is 0.497 e. The van der Waals surface area contributed by atoms with Crippen molar-refractivity contribution in [2.75, 3.05) is 23.5 Å². The van der Waals surface area contributed by atoms with Gasteiger partial charge in [0.05, 0.1) is 47.6 Å². The molecule has 0 aliphatic carbocycles. The lowest BCUT2D eigenvalue weighted by Crippen LogP contribution is -2.42. The smallest absolute Gasteiger partial charge is 0.266 e. The van der Waals surface area contributed by atoms with Crippen molar-refractivity contribution in [3.05, 3.63) is 59.2 Å². The van der Waals surface area contributed by atoms with E-state index >= 15 is 0 Å². The van der Waals surface area contributed by atoms with E-state index in [0.717, 1.165) is 4.90 Å². The summed E-state index contributed by atoms with van der Waals surface area (Å²) in [5.74, 6) is -1.91. The van der Waals surface area contributed by atoms with Crippen LogP contribution in [-0.2, 0) is 9.84 Å². The van der Waals surface area contributed by atoms with Crippen LogP contribution in [0.25, 0.3) is 0 Å². The number of aliphatic hydroxyl groups is 1. The van der Waals surface area contributed by atoms with Crippen LogP contribution in [0, 0.1) is 0 Å². The number of sulfone groups is 1. The van der Waals surface area contributed by atoms with Gasteiger partial charge in [-0.15, -0.1) is 0 Å². The maximum Gasteiger partial charge on any atom is 0.266 e. The highest BCUT2D eigenvalue weighted by molar-refractivity contribution is 7.91. The fourth-order valence-electron chi connectivity index (χ4n) is 3.57. The summed E-state index contributed by atoms with van der Waals surface area (Å²) in [5.41, 5.74) is 0.689. The number of methoxy groups -OCH3 is 1. The first-order valence-corrected chi connectivity index (χ1v) is 10.9. The van der Waals surface area contributed by atoms with Crippen molar-refractivity contribution in [2.24, 2.45) is 0 Å². The molecule has 0 spiro atoms. The molecule has 0 bridgehead atoms. The summed E-state index contributed by atoms with van der Waals surface area (Å²) in [6.45, 7) is 0. The summed E-state index contributed by atoms with van der Waals surface area (Å²) < 4.78 is 28.3. The second-order valence-electron chi connectivity index (χ2n) is 7.13. The molecule has 156 valence electrons. The van der Waals surface area contributed by atoms with Gasteiger partial charge in [0.1, 0.15) is 5.75 Å². The van der Waals surface area contributed by atoms with Crippen molar-refractivity contribution < 1.29 is 32.6 Å². The summed E-state index contributed by atoms with van der Waals surface area (Å²) in [4.78, 5) is 39.1.